The van der Waals surface area contributed by atoms with E-state index < -0.39 is 0 Å². The number of hydrogen-bond donors (Lipinski definition) is 0. The van der Waals surface area contributed by atoms with Crippen LogP contribution in [0.4, 0.5) is 5.69 Å². The zero-order valence-electron chi connectivity index (χ0n) is 12.9. The number of anilines is 1. The molecule has 1 aliphatic rings. The molecule has 112 valence electrons. The Kier molecular flexibility index (Phi) is 4.25. The Hall–Kier alpha value is -1.81. The minimum atomic E-state index is 0.532. The van der Waals surface area contributed by atoms with Crippen molar-refractivity contribution in [1.82, 2.24) is 14.7 Å². The normalized spacial score (nSPS) is 17.9. The molecule has 1 aromatic heterocycles. The summed E-state index contributed by atoms with van der Waals surface area (Å²) < 4.78 is 2.03. The van der Waals surface area contributed by atoms with Crippen LogP contribution in [0, 0.1) is 6.92 Å². The van der Waals surface area contributed by atoms with Gasteiger partial charge in [0, 0.05) is 50.3 Å². The first-order chi connectivity index (χ1) is 10.2. The van der Waals surface area contributed by atoms with E-state index >= 15 is 0 Å². The van der Waals surface area contributed by atoms with Crippen molar-refractivity contribution in [1.29, 1.82) is 0 Å². The molecule has 1 saturated heterocycles. The smallest absolute Gasteiger partial charge is 0.0562 e. The quantitative estimate of drug-likeness (QED) is 0.861. The second kappa shape index (κ2) is 6.31. The van der Waals surface area contributed by atoms with Crippen molar-refractivity contribution >= 4 is 5.69 Å². The summed E-state index contributed by atoms with van der Waals surface area (Å²) in [5.41, 5.74) is 2.69. The van der Waals surface area contributed by atoms with Gasteiger partial charge in [0.2, 0.25) is 0 Å². The van der Waals surface area contributed by atoms with Crippen LogP contribution in [0.25, 0.3) is 0 Å². The lowest BCUT2D eigenvalue weighted by molar-refractivity contribution is 0.177. The molecule has 0 unspecified atom stereocenters. The van der Waals surface area contributed by atoms with Crippen molar-refractivity contribution in [2.24, 2.45) is 0 Å². The monoisotopic (exact) mass is 284 g/mol. The van der Waals surface area contributed by atoms with Crippen LogP contribution in [-0.2, 0) is 6.54 Å². The highest BCUT2D eigenvalue weighted by atomic mass is 15.3. The van der Waals surface area contributed by atoms with Crippen LogP contribution < -0.4 is 4.90 Å². The maximum Gasteiger partial charge on any atom is 0.0562 e. The summed E-state index contributed by atoms with van der Waals surface area (Å²) in [6, 6.07) is 11.3. The average molecular weight is 284 g/mol. The minimum absolute atomic E-state index is 0.532. The predicted molar refractivity (Wildman–Crippen MR) is 86.7 cm³/mol. The molecule has 2 heterocycles. The molecule has 0 aliphatic carbocycles. The third-order valence-electron chi connectivity index (χ3n) is 4.31. The van der Waals surface area contributed by atoms with Gasteiger partial charge in [0.25, 0.3) is 0 Å². The Balaban J connectivity index is 1.55. The van der Waals surface area contributed by atoms with Crippen LogP contribution in [-0.4, -0.2) is 46.9 Å². The van der Waals surface area contributed by atoms with Crippen LogP contribution in [0.2, 0.25) is 0 Å². The van der Waals surface area contributed by atoms with E-state index in [1.807, 2.05) is 23.1 Å². The zero-order chi connectivity index (χ0) is 14.7. The third-order valence-corrected chi connectivity index (χ3v) is 4.31. The zero-order valence-corrected chi connectivity index (χ0v) is 12.9. The van der Waals surface area contributed by atoms with Crippen molar-refractivity contribution in [2.45, 2.75) is 26.4 Å². The number of aromatic nitrogens is 2. The van der Waals surface area contributed by atoms with Crippen LogP contribution in [0.5, 0.6) is 0 Å². The minimum Gasteiger partial charge on any atom is -0.369 e. The number of nitrogens with zero attached hydrogens (tertiary/aromatic N) is 4. The molecule has 1 aromatic carbocycles. The summed E-state index contributed by atoms with van der Waals surface area (Å²) in [5.74, 6) is 0. The van der Waals surface area contributed by atoms with Gasteiger partial charge in [-0.3, -0.25) is 9.58 Å². The number of piperazine rings is 1. The van der Waals surface area contributed by atoms with Crippen LogP contribution in [0.15, 0.2) is 42.7 Å². The molecule has 4 nitrogen and oxygen atoms in total. The molecular formula is C17H24N4. The van der Waals surface area contributed by atoms with E-state index in [0.717, 1.165) is 32.7 Å². The van der Waals surface area contributed by atoms with Gasteiger partial charge in [0.05, 0.1) is 6.54 Å². The summed E-state index contributed by atoms with van der Waals surface area (Å²) in [7, 11) is 0. The van der Waals surface area contributed by atoms with Crippen molar-refractivity contribution < 1.29 is 0 Å². The number of rotatable bonds is 4. The summed E-state index contributed by atoms with van der Waals surface area (Å²) in [5, 5.41) is 4.30. The Morgan fingerprint density at radius 3 is 2.62 bits per heavy atom. The second-order valence-electron chi connectivity index (χ2n) is 5.94. The maximum atomic E-state index is 4.30. The number of benzene rings is 1. The highest BCUT2D eigenvalue weighted by Crippen LogP contribution is 2.18. The number of aryl methyl sites for hydroxylation is 1. The summed E-state index contributed by atoms with van der Waals surface area (Å²) >= 11 is 0. The van der Waals surface area contributed by atoms with Gasteiger partial charge >= 0.3 is 0 Å². The summed E-state index contributed by atoms with van der Waals surface area (Å²) in [6.45, 7) is 9.87. The van der Waals surface area contributed by atoms with Gasteiger partial charge in [-0.2, -0.15) is 5.10 Å². The van der Waals surface area contributed by atoms with Gasteiger partial charge in [0.1, 0.15) is 0 Å². The Labute approximate surface area is 127 Å². The molecule has 0 spiro atoms. The van der Waals surface area contributed by atoms with E-state index in [0.29, 0.717) is 6.04 Å². The fourth-order valence-corrected chi connectivity index (χ4v) is 3.04. The molecule has 1 atom stereocenters. The topological polar surface area (TPSA) is 24.3 Å². The molecule has 2 aromatic rings. The van der Waals surface area contributed by atoms with Gasteiger partial charge in [-0.1, -0.05) is 12.1 Å². The average Bonchev–Trinajstić information content (AvgIpc) is 3.00. The first-order valence-electron chi connectivity index (χ1n) is 7.75. The van der Waals surface area contributed by atoms with E-state index in [1.54, 1.807) is 0 Å². The Morgan fingerprint density at radius 2 is 1.95 bits per heavy atom. The van der Waals surface area contributed by atoms with E-state index in [9.17, 15) is 0 Å². The molecule has 1 fully saturated rings. The number of hydrogen-bond acceptors (Lipinski definition) is 3. The molecule has 1 aliphatic heterocycles. The first-order valence-corrected chi connectivity index (χ1v) is 7.75. The van der Waals surface area contributed by atoms with E-state index in [2.05, 4.69) is 53.0 Å². The SMILES string of the molecule is Cc1cccc(N2CCN([C@@H](C)Cn3cccn3)CC2)c1. The second-order valence-corrected chi connectivity index (χ2v) is 5.94. The van der Waals surface area contributed by atoms with E-state index in [4.69, 9.17) is 0 Å². The molecule has 0 radical (unpaired) electrons. The van der Waals surface area contributed by atoms with Crippen LogP contribution in [0.1, 0.15) is 12.5 Å². The predicted octanol–water partition coefficient (Wildman–Crippen LogP) is 2.40. The Bertz CT molecular complexity index is 556. The van der Waals surface area contributed by atoms with Crippen molar-refractivity contribution in [3.05, 3.63) is 48.3 Å². The van der Waals surface area contributed by atoms with Crippen LogP contribution in [0.3, 0.4) is 0 Å². The fourth-order valence-electron chi connectivity index (χ4n) is 3.04. The van der Waals surface area contributed by atoms with E-state index in [-0.39, 0.29) is 0 Å². The largest absolute Gasteiger partial charge is 0.369 e. The molecule has 4 heteroatoms. The summed E-state index contributed by atoms with van der Waals surface area (Å²) in [4.78, 5) is 5.05. The maximum absolute atomic E-state index is 4.30. The van der Waals surface area contributed by atoms with E-state index in [1.165, 1.54) is 11.3 Å². The molecular weight excluding hydrogens is 260 g/mol. The van der Waals surface area contributed by atoms with Crippen LogP contribution >= 0.6 is 0 Å². The van der Waals surface area contributed by atoms with Crippen molar-refractivity contribution in [3.8, 4) is 0 Å². The van der Waals surface area contributed by atoms with Crippen molar-refractivity contribution in [3.63, 3.8) is 0 Å². The first kappa shape index (κ1) is 14.1. The lowest BCUT2D eigenvalue weighted by Gasteiger charge is -2.39. The van der Waals surface area contributed by atoms with Crippen molar-refractivity contribution in [2.75, 3.05) is 31.1 Å². The molecule has 0 amide bonds. The molecule has 0 bridgehead atoms. The van der Waals surface area contributed by atoms with Gasteiger partial charge < -0.3 is 4.90 Å². The third kappa shape index (κ3) is 3.45. The molecule has 0 saturated carbocycles. The van der Waals surface area contributed by atoms with Gasteiger partial charge in [-0.25, -0.2) is 0 Å². The standard InChI is InChI=1S/C17H24N4/c1-15-5-3-6-17(13-15)20-11-9-19(10-12-20)16(2)14-21-8-4-7-18-21/h3-8,13,16H,9-12,14H2,1-2H3/t16-/m0/s1. The lowest BCUT2D eigenvalue weighted by atomic mass is 10.1. The highest BCUT2D eigenvalue weighted by Gasteiger charge is 2.21. The lowest BCUT2D eigenvalue weighted by Crippen LogP contribution is -2.50. The van der Waals surface area contributed by atoms with Gasteiger partial charge in [0.15, 0.2) is 0 Å². The van der Waals surface area contributed by atoms with Gasteiger partial charge in [-0.15, -0.1) is 0 Å². The molecule has 0 N–H and O–H groups in total. The fraction of sp³-hybridized carbons (Fsp3) is 0.471. The molecule has 21 heavy (non-hydrogen) atoms. The molecule has 3 rings (SSSR count). The van der Waals surface area contributed by atoms with Gasteiger partial charge in [-0.05, 0) is 37.6 Å². The summed E-state index contributed by atoms with van der Waals surface area (Å²) in [6.07, 6.45) is 3.89. The Morgan fingerprint density at radius 1 is 1.14 bits per heavy atom. The highest BCUT2D eigenvalue weighted by molar-refractivity contribution is 5.48.